The third kappa shape index (κ3) is 1.76. The Labute approximate surface area is 102 Å². The Morgan fingerprint density at radius 2 is 2.06 bits per heavy atom. The highest BCUT2D eigenvalue weighted by Gasteiger charge is 2.39. The zero-order chi connectivity index (χ0) is 11.1. The van der Waals surface area contributed by atoms with Crippen LogP contribution in [0.5, 0.6) is 0 Å². The van der Waals surface area contributed by atoms with E-state index in [0.29, 0.717) is 5.92 Å². The predicted octanol–water partition coefficient (Wildman–Crippen LogP) is 3.67. The van der Waals surface area contributed by atoms with E-state index in [2.05, 4.69) is 12.1 Å². The normalized spacial score (nSPS) is 28.1. The molecular weight excluding hydrogens is 218 g/mol. The summed E-state index contributed by atoms with van der Waals surface area (Å²) in [6.45, 7) is 0.796. The molecule has 0 spiro atoms. The summed E-state index contributed by atoms with van der Waals surface area (Å²) in [4.78, 5) is 0. The number of halogens is 1. The Morgan fingerprint density at radius 3 is 2.75 bits per heavy atom. The molecule has 1 aromatic carbocycles. The lowest BCUT2D eigenvalue weighted by molar-refractivity contribution is 0.523. The van der Waals surface area contributed by atoms with E-state index in [4.69, 9.17) is 17.3 Å². The van der Waals surface area contributed by atoms with Crippen LogP contribution in [0.2, 0.25) is 5.02 Å². The van der Waals surface area contributed by atoms with Crippen LogP contribution in [0.3, 0.4) is 0 Å². The molecule has 0 radical (unpaired) electrons. The SMILES string of the molecule is NCCC1CC(C2CC2)c2cc(Cl)ccc21. The van der Waals surface area contributed by atoms with Crippen molar-refractivity contribution in [3.63, 3.8) is 0 Å². The average molecular weight is 236 g/mol. The number of fused-ring (bicyclic) bond motifs is 1. The molecule has 0 aromatic heterocycles. The third-order valence-corrected chi connectivity index (χ3v) is 4.37. The number of hydrogen-bond donors (Lipinski definition) is 1. The maximum absolute atomic E-state index is 6.11. The van der Waals surface area contributed by atoms with E-state index in [1.54, 1.807) is 0 Å². The van der Waals surface area contributed by atoms with Crippen LogP contribution < -0.4 is 5.73 Å². The van der Waals surface area contributed by atoms with Crippen LogP contribution in [0.4, 0.5) is 0 Å². The van der Waals surface area contributed by atoms with Gasteiger partial charge in [-0.25, -0.2) is 0 Å². The molecule has 3 rings (SSSR count). The van der Waals surface area contributed by atoms with Gasteiger partial charge in [0, 0.05) is 5.02 Å². The van der Waals surface area contributed by atoms with Gasteiger partial charge in [-0.2, -0.15) is 0 Å². The van der Waals surface area contributed by atoms with Gasteiger partial charge in [0.25, 0.3) is 0 Å². The minimum atomic E-state index is 0.683. The van der Waals surface area contributed by atoms with Gasteiger partial charge >= 0.3 is 0 Å². The average Bonchev–Trinajstić information content (AvgIpc) is 3.04. The summed E-state index contributed by atoms with van der Waals surface area (Å²) < 4.78 is 0. The van der Waals surface area contributed by atoms with Crippen LogP contribution in [0.15, 0.2) is 18.2 Å². The number of hydrogen-bond acceptors (Lipinski definition) is 1. The number of rotatable bonds is 3. The second-order valence-electron chi connectivity index (χ2n) is 5.23. The quantitative estimate of drug-likeness (QED) is 0.850. The van der Waals surface area contributed by atoms with E-state index in [9.17, 15) is 0 Å². The van der Waals surface area contributed by atoms with Gasteiger partial charge in [-0.3, -0.25) is 0 Å². The zero-order valence-corrected chi connectivity index (χ0v) is 10.2. The van der Waals surface area contributed by atoms with Crippen LogP contribution in [-0.2, 0) is 0 Å². The molecule has 0 bridgehead atoms. The van der Waals surface area contributed by atoms with Gasteiger partial charge in [0.05, 0.1) is 0 Å². The van der Waals surface area contributed by atoms with Crippen LogP contribution in [0, 0.1) is 5.92 Å². The summed E-state index contributed by atoms with van der Waals surface area (Å²) in [7, 11) is 0. The molecule has 2 heteroatoms. The van der Waals surface area contributed by atoms with Gasteiger partial charge < -0.3 is 5.73 Å². The van der Waals surface area contributed by atoms with Crippen molar-refractivity contribution in [1.82, 2.24) is 0 Å². The van der Waals surface area contributed by atoms with Crippen molar-refractivity contribution in [1.29, 1.82) is 0 Å². The minimum absolute atomic E-state index is 0.683. The van der Waals surface area contributed by atoms with E-state index in [0.717, 1.165) is 29.8 Å². The summed E-state index contributed by atoms with van der Waals surface area (Å²) in [5, 5.41) is 0.887. The molecule has 2 N–H and O–H groups in total. The van der Waals surface area contributed by atoms with Crippen molar-refractivity contribution >= 4 is 11.6 Å². The number of nitrogens with two attached hydrogens (primary N) is 1. The molecule has 86 valence electrons. The van der Waals surface area contributed by atoms with Gasteiger partial charge in [-0.15, -0.1) is 0 Å². The first-order chi connectivity index (χ1) is 7.79. The smallest absolute Gasteiger partial charge is 0.0409 e. The maximum Gasteiger partial charge on any atom is 0.0409 e. The highest BCUT2D eigenvalue weighted by Crippen LogP contribution is 2.54. The van der Waals surface area contributed by atoms with Crippen molar-refractivity contribution in [3.05, 3.63) is 34.3 Å². The second kappa shape index (κ2) is 4.05. The van der Waals surface area contributed by atoms with Crippen molar-refractivity contribution in [2.24, 2.45) is 11.7 Å². The van der Waals surface area contributed by atoms with Crippen LogP contribution in [0.25, 0.3) is 0 Å². The lowest BCUT2D eigenvalue weighted by atomic mass is 9.95. The molecule has 2 aliphatic carbocycles. The third-order valence-electron chi connectivity index (χ3n) is 4.13. The fraction of sp³-hybridized carbons (Fsp3) is 0.571. The number of benzene rings is 1. The van der Waals surface area contributed by atoms with E-state index in [-0.39, 0.29) is 0 Å². The van der Waals surface area contributed by atoms with Crippen molar-refractivity contribution in [2.45, 2.75) is 37.5 Å². The fourth-order valence-corrected chi connectivity index (χ4v) is 3.40. The minimum Gasteiger partial charge on any atom is -0.330 e. The summed E-state index contributed by atoms with van der Waals surface area (Å²) in [6.07, 6.45) is 5.24. The molecule has 16 heavy (non-hydrogen) atoms. The molecule has 0 heterocycles. The van der Waals surface area contributed by atoms with E-state index in [1.165, 1.54) is 30.4 Å². The standard InChI is InChI=1S/C14H18ClN/c15-11-3-4-12-10(5-6-16)7-13(9-1-2-9)14(12)8-11/h3-4,8-10,13H,1-2,5-7,16H2. The summed E-state index contributed by atoms with van der Waals surface area (Å²) in [5.74, 6) is 2.38. The molecular formula is C14H18ClN. The molecule has 2 atom stereocenters. The monoisotopic (exact) mass is 235 g/mol. The van der Waals surface area contributed by atoms with E-state index < -0.39 is 0 Å². The zero-order valence-electron chi connectivity index (χ0n) is 9.45. The Kier molecular flexibility index (Phi) is 2.68. The Hall–Kier alpha value is -0.530. The molecule has 0 aliphatic heterocycles. The Bertz CT molecular complexity index is 398. The van der Waals surface area contributed by atoms with Gasteiger partial charge in [0.2, 0.25) is 0 Å². The largest absolute Gasteiger partial charge is 0.330 e. The van der Waals surface area contributed by atoms with Crippen LogP contribution in [0.1, 0.15) is 48.6 Å². The van der Waals surface area contributed by atoms with Gasteiger partial charge in [0.15, 0.2) is 0 Å². The second-order valence-corrected chi connectivity index (χ2v) is 5.66. The topological polar surface area (TPSA) is 26.0 Å². The molecule has 1 aromatic rings. The first-order valence-electron chi connectivity index (χ1n) is 6.29. The molecule has 2 unspecified atom stereocenters. The maximum atomic E-state index is 6.11. The van der Waals surface area contributed by atoms with Crippen molar-refractivity contribution in [2.75, 3.05) is 6.54 Å². The van der Waals surface area contributed by atoms with E-state index in [1.807, 2.05) is 6.07 Å². The molecule has 0 saturated heterocycles. The van der Waals surface area contributed by atoms with Gasteiger partial charge in [-0.05, 0) is 73.2 Å². The van der Waals surface area contributed by atoms with Crippen molar-refractivity contribution in [3.8, 4) is 0 Å². The molecule has 2 aliphatic rings. The van der Waals surface area contributed by atoms with E-state index >= 15 is 0 Å². The highest BCUT2D eigenvalue weighted by molar-refractivity contribution is 6.30. The fourth-order valence-electron chi connectivity index (χ4n) is 3.22. The van der Waals surface area contributed by atoms with Gasteiger partial charge in [-0.1, -0.05) is 17.7 Å². The van der Waals surface area contributed by atoms with Crippen molar-refractivity contribution < 1.29 is 0 Å². The Morgan fingerprint density at radius 1 is 1.25 bits per heavy atom. The van der Waals surface area contributed by atoms with Crippen LogP contribution in [-0.4, -0.2) is 6.54 Å². The molecule has 1 nitrogen and oxygen atoms in total. The summed E-state index contributed by atoms with van der Waals surface area (Å²) in [6, 6.07) is 6.44. The molecule has 0 amide bonds. The summed E-state index contributed by atoms with van der Waals surface area (Å²) in [5.41, 5.74) is 8.75. The summed E-state index contributed by atoms with van der Waals surface area (Å²) >= 11 is 6.11. The lowest BCUT2D eigenvalue weighted by Gasteiger charge is -2.10. The molecule has 1 fully saturated rings. The lowest BCUT2D eigenvalue weighted by Crippen LogP contribution is -2.05. The molecule has 1 saturated carbocycles. The van der Waals surface area contributed by atoms with Crippen LogP contribution >= 0.6 is 11.6 Å². The Balaban J connectivity index is 1.95. The highest BCUT2D eigenvalue weighted by atomic mass is 35.5. The first-order valence-corrected chi connectivity index (χ1v) is 6.67. The van der Waals surface area contributed by atoms with Gasteiger partial charge in [0.1, 0.15) is 0 Å². The first kappa shape index (κ1) is 10.6. The predicted molar refractivity (Wildman–Crippen MR) is 67.9 cm³/mol.